The first-order valence-corrected chi connectivity index (χ1v) is 9.51. The number of piperazine rings is 1. The lowest BCUT2D eigenvalue weighted by Gasteiger charge is -2.33. The van der Waals surface area contributed by atoms with Crippen LogP contribution in [0.15, 0.2) is 33.6 Å². The number of carbonyl (C=O) groups is 2. The van der Waals surface area contributed by atoms with Gasteiger partial charge in [-0.2, -0.15) is 0 Å². The number of rotatable bonds is 4. The zero-order chi connectivity index (χ0) is 21.3. The normalized spacial score (nSPS) is 14.8. The Morgan fingerprint density at radius 3 is 2.63 bits per heavy atom. The Kier molecular flexibility index (Phi) is 5.32. The number of fused-ring (bicyclic) bond motifs is 1. The van der Waals surface area contributed by atoms with E-state index in [9.17, 15) is 14.4 Å². The minimum atomic E-state index is -0.483. The lowest BCUT2D eigenvalue weighted by molar-refractivity contribution is 0.0582. The van der Waals surface area contributed by atoms with Gasteiger partial charge in [0.1, 0.15) is 5.82 Å². The predicted molar refractivity (Wildman–Crippen MR) is 106 cm³/mol. The van der Waals surface area contributed by atoms with Crippen molar-refractivity contribution in [2.75, 3.05) is 33.3 Å². The van der Waals surface area contributed by atoms with Crippen molar-refractivity contribution in [2.45, 2.75) is 13.5 Å². The molecule has 4 rings (SSSR count). The van der Waals surface area contributed by atoms with Crippen molar-refractivity contribution in [3.05, 3.63) is 57.5 Å². The molecule has 0 unspecified atom stereocenters. The van der Waals surface area contributed by atoms with Gasteiger partial charge in [0.25, 0.3) is 11.5 Å². The highest BCUT2D eigenvalue weighted by atomic mass is 16.5. The van der Waals surface area contributed by atoms with Crippen LogP contribution in [-0.2, 0) is 11.3 Å². The molecule has 30 heavy (non-hydrogen) atoms. The van der Waals surface area contributed by atoms with E-state index in [4.69, 9.17) is 9.26 Å². The molecule has 156 valence electrons. The highest BCUT2D eigenvalue weighted by Crippen LogP contribution is 2.14. The van der Waals surface area contributed by atoms with Gasteiger partial charge in [-0.05, 0) is 25.1 Å². The van der Waals surface area contributed by atoms with E-state index in [1.54, 1.807) is 30.0 Å². The number of methoxy groups -OCH3 is 1. The Labute approximate surface area is 171 Å². The molecule has 0 bridgehead atoms. The minimum Gasteiger partial charge on any atom is -0.465 e. The van der Waals surface area contributed by atoms with Crippen LogP contribution in [0.4, 0.5) is 0 Å². The number of H-pyrrole nitrogens is 1. The van der Waals surface area contributed by atoms with Crippen LogP contribution in [-0.4, -0.2) is 70.1 Å². The van der Waals surface area contributed by atoms with E-state index in [0.717, 1.165) is 0 Å². The van der Waals surface area contributed by atoms with Gasteiger partial charge in [-0.3, -0.25) is 14.5 Å². The Morgan fingerprint density at radius 1 is 1.20 bits per heavy atom. The van der Waals surface area contributed by atoms with Gasteiger partial charge in [-0.1, -0.05) is 5.16 Å². The fourth-order valence-electron chi connectivity index (χ4n) is 3.45. The quantitative estimate of drug-likeness (QED) is 0.630. The van der Waals surface area contributed by atoms with Gasteiger partial charge < -0.3 is 19.1 Å². The molecular weight excluding hydrogens is 390 g/mol. The molecule has 1 aliphatic heterocycles. The van der Waals surface area contributed by atoms with Crippen molar-refractivity contribution < 1.29 is 18.8 Å². The molecule has 0 aliphatic carbocycles. The number of hydrogen-bond acceptors (Lipinski definition) is 8. The van der Waals surface area contributed by atoms with Crippen LogP contribution in [0.25, 0.3) is 10.9 Å². The molecule has 3 heterocycles. The van der Waals surface area contributed by atoms with Gasteiger partial charge in [0.05, 0.1) is 35.8 Å². The van der Waals surface area contributed by atoms with Crippen molar-refractivity contribution >= 4 is 22.8 Å². The van der Waals surface area contributed by atoms with E-state index in [0.29, 0.717) is 60.7 Å². The fraction of sp³-hybridized carbons (Fsp3) is 0.350. The number of esters is 1. The molecule has 0 radical (unpaired) electrons. The molecule has 3 aromatic rings. The number of aromatic nitrogens is 3. The van der Waals surface area contributed by atoms with Gasteiger partial charge in [-0.25, -0.2) is 9.78 Å². The summed E-state index contributed by atoms with van der Waals surface area (Å²) in [4.78, 5) is 47.7. The summed E-state index contributed by atoms with van der Waals surface area (Å²) in [5, 5.41) is 4.16. The third kappa shape index (κ3) is 3.94. The van der Waals surface area contributed by atoms with Crippen LogP contribution in [0.1, 0.15) is 32.4 Å². The Morgan fingerprint density at radius 2 is 1.97 bits per heavy atom. The van der Waals surface area contributed by atoms with E-state index in [1.165, 1.54) is 13.2 Å². The molecule has 1 amide bonds. The van der Waals surface area contributed by atoms with Crippen molar-refractivity contribution in [1.29, 1.82) is 0 Å². The lowest BCUT2D eigenvalue weighted by atomic mass is 10.1. The van der Waals surface area contributed by atoms with E-state index in [2.05, 4.69) is 20.0 Å². The molecule has 0 saturated carbocycles. The van der Waals surface area contributed by atoms with Gasteiger partial charge in [0, 0.05) is 32.2 Å². The Balaban J connectivity index is 1.45. The van der Waals surface area contributed by atoms with E-state index < -0.39 is 5.97 Å². The second kappa shape index (κ2) is 8.07. The number of hydrogen-bond donors (Lipinski definition) is 1. The Bertz CT molecular complexity index is 1160. The zero-order valence-electron chi connectivity index (χ0n) is 16.7. The summed E-state index contributed by atoms with van der Waals surface area (Å²) in [6.45, 7) is 4.51. The second-order valence-corrected chi connectivity index (χ2v) is 7.14. The molecule has 1 N–H and O–H groups in total. The maximum Gasteiger partial charge on any atom is 0.337 e. The first-order valence-electron chi connectivity index (χ1n) is 9.51. The number of aryl methyl sites for hydroxylation is 1. The molecule has 10 heteroatoms. The van der Waals surface area contributed by atoms with Crippen LogP contribution in [0.5, 0.6) is 0 Å². The highest BCUT2D eigenvalue weighted by molar-refractivity contribution is 5.94. The van der Waals surface area contributed by atoms with E-state index in [1.807, 2.05) is 0 Å². The molecule has 1 aromatic carbocycles. The summed E-state index contributed by atoms with van der Waals surface area (Å²) >= 11 is 0. The summed E-state index contributed by atoms with van der Waals surface area (Å²) in [5.41, 5.74) is 1.18. The second-order valence-electron chi connectivity index (χ2n) is 7.14. The number of benzene rings is 1. The largest absolute Gasteiger partial charge is 0.465 e. The molecule has 2 aromatic heterocycles. The van der Waals surface area contributed by atoms with Crippen LogP contribution >= 0.6 is 0 Å². The molecule has 1 saturated heterocycles. The lowest BCUT2D eigenvalue weighted by Crippen LogP contribution is -2.48. The summed E-state index contributed by atoms with van der Waals surface area (Å²) < 4.78 is 9.78. The summed E-state index contributed by atoms with van der Waals surface area (Å²) in [6, 6.07) is 6.28. The summed E-state index contributed by atoms with van der Waals surface area (Å²) in [5.74, 6) is 0.0779. The van der Waals surface area contributed by atoms with Gasteiger partial charge in [0.15, 0.2) is 0 Å². The number of aromatic amines is 1. The Hall–Kier alpha value is -3.53. The maximum atomic E-state index is 12.5. The van der Waals surface area contributed by atoms with Crippen LogP contribution < -0.4 is 5.56 Å². The maximum absolute atomic E-state index is 12.5. The molecule has 0 spiro atoms. The highest BCUT2D eigenvalue weighted by Gasteiger charge is 2.25. The monoisotopic (exact) mass is 411 g/mol. The molecule has 0 atom stereocenters. The first-order chi connectivity index (χ1) is 14.4. The van der Waals surface area contributed by atoms with Crippen LogP contribution in [0, 0.1) is 6.92 Å². The van der Waals surface area contributed by atoms with E-state index >= 15 is 0 Å². The third-order valence-corrected chi connectivity index (χ3v) is 5.05. The zero-order valence-corrected chi connectivity index (χ0v) is 16.7. The van der Waals surface area contributed by atoms with Crippen molar-refractivity contribution in [3.8, 4) is 0 Å². The SMILES string of the molecule is COC(=O)c1ccc2c(=O)[nH]c(CN3CCN(C(=O)c4cc(C)no4)CC3)nc2c1. The topological polar surface area (TPSA) is 122 Å². The summed E-state index contributed by atoms with van der Waals surface area (Å²) in [6.07, 6.45) is 0. The molecular formula is C20H21N5O5. The average molecular weight is 411 g/mol. The fourth-order valence-corrected chi connectivity index (χ4v) is 3.45. The molecule has 10 nitrogen and oxygen atoms in total. The first kappa shape index (κ1) is 19.8. The molecule has 1 aliphatic rings. The van der Waals surface area contributed by atoms with Crippen molar-refractivity contribution in [3.63, 3.8) is 0 Å². The number of nitrogens with one attached hydrogen (secondary N) is 1. The number of nitrogens with zero attached hydrogens (tertiary/aromatic N) is 4. The van der Waals surface area contributed by atoms with Crippen LogP contribution in [0.3, 0.4) is 0 Å². The number of ether oxygens (including phenoxy) is 1. The van der Waals surface area contributed by atoms with Gasteiger partial charge >= 0.3 is 5.97 Å². The van der Waals surface area contributed by atoms with Crippen molar-refractivity contribution in [1.82, 2.24) is 24.9 Å². The van der Waals surface area contributed by atoms with Gasteiger partial charge in [-0.15, -0.1) is 0 Å². The average Bonchev–Trinajstić information content (AvgIpc) is 3.19. The van der Waals surface area contributed by atoms with Crippen LogP contribution in [0.2, 0.25) is 0 Å². The van der Waals surface area contributed by atoms with E-state index in [-0.39, 0.29) is 17.2 Å². The minimum absolute atomic E-state index is 0.178. The summed E-state index contributed by atoms with van der Waals surface area (Å²) in [7, 11) is 1.30. The number of carbonyl (C=O) groups excluding carboxylic acids is 2. The standard InChI is InChI=1S/C20H21N5O5/c1-12-9-16(30-23-12)19(27)25-7-5-24(6-8-25)11-17-21-15-10-13(20(28)29-2)3-4-14(15)18(26)22-17/h3-4,9-10H,5-8,11H2,1-2H3,(H,21,22,26). The third-order valence-electron chi connectivity index (χ3n) is 5.05. The van der Waals surface area contributed by atoms with Gasteiger partial charge in [0.2, 0.25) is 5.76 Å². The number of amides is 1. The van der Waals surface area contributed by atoms with Crippen molar-refractivity contribution in [2.24, 2.45) is 0 Å². The predicted octanol–water partition coefficient (Wildman–Crippen LogP) is 0.964. The smallest absolute Gasteiger partial charge is 0.337 e. The molecule has 1 fully saturated rings.